The van der Waals surface area contributed by atoms with Gasteiger partial charge in [0.25, 0.3) is 0 Å². The van der Waals surface area contributed by atoms with Crippen LogP contribution >= 0.6 is 0 Å². The molecule has 2 aromatic carbocycles. The second-order valence-electron chi connectivity index (χ2n) is 7.30. The van der Waals surface area contributed by atoms with Gasteiger partial charge in [0.05, 0.1) is 17.1 Å². The number of urea groups is 1. The fraction of sp³-hybridized carbons (Fsp3) is 0.381. The molecule has 0 spiro atoms. The van der Waals surface area contributed by atoms with Crippen molar-refractivity contribution < 1.29 is 35.5 Å². The van der Waals surface area contributed by atoms with E-state index in [4.69, 9.17) is 4.74 Å². The summed E-state index contributed by atoms with van der Waals surface area (Å²) in [7, 11) is -4.11. The Morgan fingerprint density at radius 1 is 1.03 bits per heavy atom. The summed E-state index contributed by atoms with van der Waals surface area (Å²) >= 11 is 0. The Hall–Kier alpha value is -2.86. The molecule has 7 nitrogen and oxygen atoms in total. The quantitative estimate of drug-likeness (QED) is 0.478. The van der Waals surface area contributed by atoms with Crippen molar-refractivity contribution in [2.75, 3.05) is 39.3 Å². The lowest BCUT2D eigenvalue weighted by atomic mass is 10.2. The molecule has 0 aliphatic carbocycles. The molecular formula is C21H23F4N3O4S. The van der Waals surface area contributed by atoms with Gasteiger partial charge in [0.2, 0.25) is 10.0 Å². The summed E-state index contributed by atoms with van der Waals surface area (Å²) < 4.78 is 83.5. The molecule has 0 atom stereocenters. The summed E-state index contributed by atoms with van der Waals surface area (Å²) in [5, 5.41) is 2.71. The van der Waals surface area contributed by atoms with Gasteiger partial charge in [-0.1, -0.05) is 6.07 Å². The number of hydrogen-bond donors (Lipinski definition) is 1. The lowest BCUT2D eigenvalue weighted by molar-refractivity contribution is -0.137. The molecular weight excluding hydrogens is 466 g/mol. The van der Waals surface area contributed by atoms with E-state index in [0.29, 0.717) is 31.4 Å². The molecule has 1 N–H and O–H groups in total. The van der Waals surface area contributed by atoms with E-state index in [0.717, 1.165) is 22.5 Å². The molecule has 33 heavy (non-hydrogen) atoms. The lowest BCUT2D eigenvalue weighted by Crippen LogP contribution is -2.53. The number of nitrogens with zero attached hydrogens (tertiary/aromatic N) is 2. The van der Waals surface area contributed by atoms with Gasteiger partial charge in [-0.15, -0.1) is 0 Å². The minimum absolute atomic E-state index is 0.0281. The average molecular weight is 489 g/mol. The molecule has 0 bridgehead atoms. The van der Waals surface area contributed by atoms with Crippen molar-refractivity contribution in [3.05, 3.63) is 59.9 Å². The fourth-order valence-electron chi connectivity index (χ4n) is 3.21. The molecule has 1 aliphatic heterocycles. The van der Waals surface area contributed by atoms with E-state index in [9.17, 15) is 30.8 Å². The molecule has 0 unspecified atom stereocenters. The molecule has 0 aromatic heterocycles. The van der Waals surface area contributed by atoms with Crippen LogP contribution in [0, 0.1) is 5.82 Å². The van der Waals surface area contributed by atoms with Gasteiger partial charge < -0.3 is 15.0 Å². The predicted molar refractivity (Wildman–Crippen MR) is 112 cm³/mol. The molecule has 2 aromatic rings. The van der Waals surface area contributed by atoms with Crippen molar-refractivity contribution in [2.45, 2.75) is 17.5 Å². The number of carbonyl (C=O) groups excluding carboxylic acids is 1. The monoisotopic (exact) mass is 489 g/mol. The number of nitrogens with one attached hydrogen (secondary N) is 1. The third kappa shape index (κ3) is 6.57. The van der Waals surface area contributed by atoms with Crippen molar-refractivity contribution in [2.24, 2.45) is 0 Å². The molecule has 180 valence electrons. The number of alkyl halides is 3. The predicted octanol–water partition coefficient (Wildman–Crippen LogP) is 3.33. The maximum Gasteiger partial charge on any atom is 0.416 e. The number of hydrogen-bond acceptors (Lipinski definition) is 4. The van der Waals surface area contributed by atoms with Gasteiger partial charge in [-0.05, 0) is 48.9 Å². The van der Waals surface area contributed by atoms with Crippen LogP contribution in [-0.2, 0) is 16.2 Å². The van der Waals surface area contributed by atoms with Crippen LogP contribution in [0.4, 0.5) is 22.4 Å². The number of piperazine rings is 1. The maximum absolute atomic E-state index is 12.9. The maximum atomic E-state index is 12.9. The normalized spacial score (nSPS) is 15.3. The van der Waals surface area contributed by atoms with Crippen LogP contribution in [0.25, 0.3) is 0 Å². The smallest absolute Gasteiger partial charge is 0.416 e. The largest absolute Gasteiger partial charge is 0.494 e. The van der Waals surface area contributed by atoms with E-state index in [1.807, 2.05) is 0 Å². The number of ether oxygens (including phenoxy) is 1. The van der Waals surface area contributed by atoms with Crippen LogP contribution in [0.5, 0.6) is 5.75 Å². The van der Waals surface area contributed by atoms with E-state index in [1.54, 1.807) is 0 Å². The topological polar surface area (TPSA) is 79.0 Å². The van der Waals surface area contributed by atoms with Crippen molar-refractivity contribution in [3.63, 3.8) is 0 Å². The Kier molecular flexibility index (Phi) is 7.80. The van der Waals surface area contributed by atoms with E-state index in [2.05, 4.69) is 5.32 Å². The summed E-state index contributed by atoms with van der Waals surface area (Å²) in [6.45, 7) is 0.795. The molecule has 0 saturated carbocycles. The van der Waals surface area contributed by atoms with Crippen LogP contribution in [0.1, 0.15) is 12.0 Å². The molecule has 1 heterocycles. The molecule has 1 saturated heterocycles. The zero-order chi connectivity index (χ0) is 24.1. The first-order valence-corrected chi connectivity index (χ1v) is 11.6. The molecule has 2 amide bonds. The van der Waals surface area contributed by atoms with Gasteiger partial charge >= 0.3 is 12.2 Å². The van der Waals surface area contributed by atoms with Gasteiger partial charge in [0, 0.05) is 32.7 Å². The van der Waals surface area contributed by atoms with E-state index in [-0.39, 0.29) is 38.0 Å². The number of sulfonamides is 1. The van der Waals surface area contributed by atoms with Gasteiger partial charge in [-0.2, -0.15) is 17.5 Å². The summed E-state index contributed by atoms with van der Waals surface area (Å²) in [6, 6.07) is 8.80. The third-order valence-corrected chi connectivity index (χ3v) is 6.90. The van der Waals surface area contributed by atoms with Crippen molar-refractivity contribution in [1.29, 1.82) is 0 Å². The zero-order valence-electron chi connectivity index (χ0n) is 17.5. The summed E-state index contributed by atoms with van der Waals surface area (Å²) in [4.78, 5) is 13.3. The molecule has 1 fully saturated rings. The van der Waals surface area contributed by atoms with Gasteiger partial charge in [-0.25, -0.2) is 17.6 Å². The van der Waals surface area contributed by atoms with Gasteiger partial charge in [-0.3, -0.25) is 0 Å². The SMILES string of the molecule is O=C(NCCCOc1ccc(F)cc1)N1CCN(S(=O)(=O)c2cccc(C(F)(F)F)c2)CC1. The van der Waals surface area contributed by atoms with Gasteiger partial charge in [0.1, 0.15) is 11.6 Å². The Balaban J connectivity index is 1.44. The van der Waals surface area contributed by atoms with Crippen LogP contribution in [-0.4, -0.2) is 63.0 Å². The second kappa shape index (κ2) is 10.4. The first-order chi connectivity index (χ1) is 15.6. The minimum Gasteiger partial charge on any atom is -0.494 e. The van der Waals surface area contributed by atoms with Crippen LogP contribution in [0.15, 0.2) is 53.4 Å². The Bertz CT molecular complexity index is 1050. The van der Waals surface area contributed by atoms with E-state index >= 15 is 0 Å². The highest BCUT2D eigenvalue weighted by molar-refractivity contribution is 7.89. The average Bonchev–Trinajstić information content (AvgIpc) is 2.79. The van der Waals surface area contributed by atoms with Crippen LogP contribution in [0.2, 0.25) is 0 Å². The molecule has 1 aliphatic rings. The van der Waals surface area contributed by atoms with Crippen molar-refractivity contribution in [1.82, 2.24) is 14.5 Å². The third-order valence-electron chi connectivity index (χ3n) is 5.00. The summed E-state index contributed by atoms with van der Waals surface area (Å²) in [5.74, 6) is 0.151. The second-order valence-corrected chi connectivity index (χ2v) is 9.24. The summed E-state index contributed by atoms with van der Waals surface area (Å²) in [5.41, 5.74) is -1.04. The Morgan fingerprint density at radius 3 is 2.33 bits per heavy atom. The first kappa shape index (κ1) is 24.8. The van der Waals surface area contributed by atoms with Crippen molar-refractivity contribution in [3.8, 4) is 5.75 Å². The van der Waals surface area contributed by atoms with Crippen LogP contribution in [0.3, 0.4) is 0 Å². The Morgan fingerprint density at radius 2 is 1.70 bits per heavy atom. The Labute approximate surface area is 189 Å². The molecule has 3 rings (SSSR count). The molecule has 12 heteroatoms. The van der Waals surface area contributed by atoms with E-state index in [1.165, 1.54) is 29.2 Å². The molecule has 0 radical (unpaired) electrons. The first-order valence-electron chi connectivity index (χ1n) is 10.2. The number of amides is 2. The van der Waals surface area contributed by atoms with E-state index < -0.39 is 26.7 Å². The lowest BCUT2D eigenvalue weighted by Gasteiger charge is -2.34. The van der Waals surface area contributed by atoms with Crippen molar-refractivity contribution >= 4 is 16.1 Å². The standard InChI is InChI=1S/C21H23F4N3O4S/c22-17-5-7-18(8-6-17)32-14-2-9-26-20(29)27-10-12-28(13-11-27)33(30,31)19-4-1-3-16(15-19)21(23,24)25/h1,3-8,15H,2,9-14H2,(H,26,29). The number of rotatable bonds is 7. The zero-order valence-corrected chi connectivity index (χ0v) is 18.3. The minimum atomic E-state index is -4.65. The highest BCUT2D eigenvalue weighted by Crippen LogP contribution is 2.31. The highest BCUT2D eigenvalue weighted by atomic mass is 32.2. The number of halogens is 4. The fourth-order valence-corrected chi connectivity index (χ4v) is 4.68. The summed E-state index contributed by atoms with van der Waals surface area (Å²) in [6.07, 6.45) is -4.14. The van der Waals surface area contributed by atoms with Gasteiger partial charge in [0.15, 0.2) is 0 Å². The number of carbonyl (C=O) groups is 1. The number of benzene rings is 2. The highest BCUT2D eigenvalue weighted by Gasteiger charge is 2.34. The van der Waals surface area contributed by atoms with Crippen LogP contribution < -0.4 is 10.1 Å².